The first kappa shape index (κ1) is 15.8. The lowest BCUT2D eigenvalue weighted by Gasteiger charge is -2.43. The number of nitrogens with one attached hydrogen (secondary N) is 1. The first-order valence-electron chi connectivity index (χ1n) is 9.34. The quantitative estimate of drug-likeness (QED) is 0.876. The second kappa shape index (κ2) is 6.32. The van der Waals surface area contributed by atoms with Gasteiger partial charge >= 0.3 is 0 Å². The van der Waals surface area contributed by atoms with E-state index in [4.69, 9.17) is 5.73 Å². The second-order valence-corrected chi connectivity index (χ2v) is 7.83. The largest absolute Gasteiger partial charge is 0.327 e. The lowest BCUT2D eigenvalue weighted by Crippen LogP contribution is -2.48. The highest BCUT2D eigenvalue weighted by atomic mass is 16.2. The van der Waals surface area contributed by atoms with E-state index < -0.39 is 0 Å². The van der Waals surface area contributed by atoms with Gasteiger partial charge in [-0.15, -0.1) is 0 Å². The fourth-order valence-electron chi connectivity index (χ4n) is 4.95. The molecule has 2 unspecified atom stereocenters. The van der Waals surface area contributed by atoms with E-state index in [9.17, 15) is 9.59 Å². The van der Waals surface area contributed by atoms with Crippen LogP contribution in [0, 0.1) is 17.8 Å². The van der Waals surface area contributed by atoms with Crippen molar-refractivity contribution < 1.29 is 9.59 Å². The van der Waals surface area contributed by atoms with Crippen LogP contribution in [0.3, 0.4) is 0 Å². The van der Waals surface area contributed by atoms with E-state index in [1.165, 1.54) is 6.42 Å². The van der Waals surface area contributed by atoms with E-state index in [0.717, 1.165) is 55.3 Å². The molecule has 0 aliphatic heterocycles. The van der Waals surface area contributed by atoms with Crippen LogP contribution in [-0.4, -0.2) is 17.7 Å². The van der Waals surface area contributed by atoms with Gasteiger partial charge in [0.05, 0.1) is 0 Å². The van der Waals surface area contributed by atoms with Gasteiger partial charge in [0.15, 0.2) is 5.78 Å². The van der Waals surface area contributed by atoms with Crippen LogP contribution < -0.4 is 11.1 Å². The van der Waals surface area contributed by atoms with Gasteiger partial charge in [0.25, 0.3) is 0 Å². The number of anilines is 1. The molecule has 2 fully saturated rings. The minimum Gasteiger partial charge on any atom is -0.327 e. The van der Waals surface area contributed by atoms with Crippen molar-refractivity contribution in [2.24, 2.45) is 23.5 Å². The average Bonchev–Trinajstić information content (AvgIpc) is 2.55. The zero-order valence-corrected chi connectivity index (χ0v) is 14.1. The number of amides is 1. The highest BCUT2D eigenvalue weighted by Gasteiger charge is 2.40. The Hall–Kier alpha value is -1.68. The molecule has 3 aliphatic rings. The molecule has 1 amide bonds. The van der Waals surface area contributed by atoms with E-state index in [0.29, 0.717) is 18.3 Å². The number of fused-ring (bicyclic) bond motifs is 3. The number of hydrogen-bond donors (Lipinski definition) is 2. The van der Waals surface area contributed by atoms with Crippen LogP contribution in [0.5, 0.6) is 0 Å². The molecule has 0 radical (unpaired) electrons. The highest BCUT2D eigenvalue weighted by Crippen LogP contribution is 2.42. The number of Topliss-reactive ketones (excluding diaryl/α,β-unsaturated/α-hetero) is 1. The summed E-state index contributed by atoms with van der Waals surface area (Å²) in [5, 5.41) is 3.05. The van der Waals surface area contributed by atoms with Crippen LogP contribution in [-0.2, 0) is 11.2 Å². The number of nitrogens with two attached hydrogens (primary N) is 1. The second-order valence-electron chi connectivity index (χ2n) is 7.83. The van der Waals surface area contributed by atoms with E-state index in [2.05, 4.69) is 5.32 Å². The Kier molecular flexibility index (Phi) is 4.17. The molecule has 3 N–H and O–H groups in total. The topological polar surface area (TPSA) is 72.2 Å². The summed E-state index contributed by atoms with van der Waals surface area (Å²) in [6.07, 6.45) is 7.91. The Labute approximate surface area is 143 Å². The van der Waals surface area contributed by atoms with Crippen molar-refractivity contribution in [2.75, 3.05) is 5.32 Å². The van der Waals surface area contributed by atoms with Crippen molar-refractivity contribution >= 4 is 17.4 Å². The summed E-state index contributed by atoms with van der Waals surface area (Å²) in [6, 6.07) is 6.08. The molecular weight excluding hydrogens is 300 g/mol. The fourth-order valence-corrected chi connectivity index (χ4v) is 4.95. The summed E-state index contributed by atoms with van der Waals surface area (Å²) >= 11 is 0. The molecule has 2 saturated carbocycles. The van der Waals surface area contributed by atoms with Crippen LogP contribution in [0.15, 0.2) is 18.2 Å². The molecule has 4 nitrogen and oxygen atoms in total. The number of rotatable bonds is 2. The molecule has 128 valence electrons. The normalized spacial score (nSPS) is 32.1. The molecule has 24 heavy (non-hydrogen) atoms. The molecule has 4 heteroatoms. The molecule has 2 atom stereocenters. The maximum absolute atomic E-state index is 12.7. The molecule has 0 aromatic heterocycles. The third kappa shape index (κ3) is 2.88. The Morgan fingerprint density at radius 3 is 2.58 bits per heavy atom. The maximum atomic E-state index is 12.7. The van der Waals surface area contributed by atoms with Crippen molar-refractivity contribution in [1.82, 2.24) is 0 Å². The number of carbonyl (C=O) groups is 2. The van der Waals surface area contributed by atoms with Gasteiger partial charge in [0, 0.05) is 29.6 Å². The number of aryl methyl sites for hydroxylation is 1. The molecule has 2 bridgehead atoms. The summed E-state index contributed by atoms with van der Waals surface area (Å²) < 4.78 is 0. The smallest absolute Gasteiger partial charge is 0.227 e. The minimum atomic E-state index is 0.0619. The van der Waals surface area contributed by atoms with Gasteiger partial charge in [0.1, 0.15) is 0 Å². The molecule has 0 saturated heterocycles. The van der Waals surface area contributed by atoms with Crippen molar-refractivity contribution in [3.05, 3.63) is 29.3 Å². The van der Waals surface area contributed by atoms with Gasteiger partial charge in [-0.3, -0.25) is 9.59 Å². The van der Waals surface area contributed by atoms with Crippen LogP contribution in [0.25, 0.3) is 0 Å². The minimum absolute atomic E-state index is 0.0619. The predicted octanol–water partition coefficient (Wildman–Crippen LogP) is 3.30. The van der Waals surface area contributed by atoms with Crippen molar-refractivity contribution in [1.29, 1.82) is 0 Å². The predicted molar refractivity (Wildman–Crippen MR) is 93.9 cm³/mol. The van der Waals surface area contributed by atoms with E-state index in [1.807, 2.05) is 18.2 Å². The third-order valence-electron chi connectivity index (χ3n) is 6.31. The standard InChI is InChI=1S/C20H26N2O2/c21-19-13-4-1-5-14(19)10-15(9-13)20(24)22-16-8-7-12-3-2-6-18(23)17(12)11-16/h7-8,11,13-15,19H,1-6,9-10,21H2,(H,22,24). The van der Waals surface area contributed by atoms with Gasteiger partial charge in [-0.25, -0.2) is 0 Å². The Morgan fingerprint density at radius 2 is 1.83 bits per heavy atom. The van der Waals surface area contributed by atoms with Crippen molar-refractivity contribution in [3.63, 3.8) is 0 Å². The number of carbonyl (C=O) groups excluding carboxylic acids is 2. The molecule has 3 aliphatic carbocycles. The zero-order valence-electron chi connectivity index (χ0n) is 14.1. The zero-order chi connectivity index (χ0) is 16.7. The van der Waals surface area contributed by atoms with E-state index in [-0.39, 0.29) is 23.7 Å². The average molecular weight is 326 g/mol. The summed E-state index contributed by atoms with van der Waals surface area (Å²) in [7, 11) is 0. The fraction of sp³-hybridized carbons (Fsp3) is 0.600. The van der Waals surface area contributed by atoms with Crippen molar-refractivity contribution in [2.45, 2.75) is 57.4 Å². The first-order valence-corrected chi connectivity index (χ1v) is 9.34. The van der Waals surface area contributed by atoms with Crippen LogP contribution in [0.4, 0.5) is 5.69 Å². The van der Waals surface area contributed by atoms with Gasteiger partial charge in [-0.2, -0.15) is 0 Å². The SMILES string of the molecule is NC1C2CCCC1CC(C(=O)Nc1ccc3c(c1)C(=O)CCC3)C2. The van der Waals surface area contributed by atoms with E-state index >= 15 is 0 Å². The summed E-state index contributed by atoms with van der Waals surface area (Å²) in [5.41, 5.74) is 8.99. The summed E-state index contributed by atoms with van der Waals surface area (Å²) in [5.74, 6) is 1.36. The van der Waals surface area contributed by atoms with Gasteiger partial charge in [-0.1, -0.05) is 12.5 Å². The number of ketones is 1. The molecular formula is C20H26N2O2. The lowest BCUT2D eigenvalue weighted by atomic mass is 9.65. The van der Waals surface area contributed by atoms with E-state index in [1.54, 1.807) is 0 Å². The Balaban J connectivity index is 1.47. The molecule has 0 spiro atoms. The number of hydrogen-bond acceptors (Lipinski definition) is 3. The maximum Gasteiger partial charge on any atom is 0.227 e. The van der Waals surface area contributed by atoms with Gasteiger partial charge in [-0.05, 0) is 68.1 Å². The lowest BCUT2D eigenvalue weighted by molar-refractivity contribution is -0.122. The van der Waals surface area contributed by atoms with Gasteiger partial charge in [0.2, 0.25) is 5.91 Å². The molecule has 4 rings (SSSR count). The summed E-state index contributed by atoms with van der Waals surface area (Å²) in [4.78, 5) is 24.8. The van der Waals surface area contributed by atoms with Crippen LogP contribution >= 0.6 is 0 Å². The Morgan fingerprint density at radius 1 is 1.08 bits per heavy atom. The number of benzene rings is 1. The van der Waals surface area contributed by atoms with Crippen LogP contribution in [0.1, 0.15) is 60.9 Å². The summed E-state index contributed by atoms with van der Waals surface area (Å²) in [6.45, 7) is 0. The highest BCUT2D eigenvalue weighted by molar-refractivity contribution is 6.00. The molecule has 0 heterocycles. The van der Waals surface area contributed by atoms with Gasteiger partial charge < -0.3 is 11.1 Å². The Bertz CT molecular complexity index is 656. The molecule has 1 aromatic rings. The monoisotopic (exact) mass is 326 g/mol. The van der Waals surface area contributed by atoms with Crippen molar-refractivity contribution in [3.8, 4) is 0 Å². The first-order chi connectivity index (χ1) is 11.6. The van der Waals surface area contributed by atoms with Crippen LogP contribution in [0.2, 0.25) is 0 Å². The third-order valence-corrected chi connectivity index (χ3v) is 6.31. The molecule has 1 aromatic carbocycles.